The number of benzene rings is 1. The highest BCUT2D eigenvalue weighted by Crippen LogP contribution is 2.28. The van der Waals surface area contributed by atoms with Crippen molar-refractivity contribution in [3.05, 3.63) is 29.6 Å². The van der Waals surface area contributed by atoms with Crippen LogP contribution in [0.25, 0.3) is 0 Å². The molecule has 1 aromatic rings. The fourth-order valence-corrected chi connectivity index (χ4v) is 2.45. The number of halogens is 1. The lowest BCUT2D eigenvalue weighted by Gasteiger charge is -2.34. The van der Waals surface area contributed by atoms with Gasteiger partial charge in [0.05, 0.1) is 0 Å². The molecular weight excluding hydrogens is 219 g/mol. The van der Waals surface area contributed by atoms with E-state index in [1.54, 1.807) is 12.1 Å². The van der Waals surface area contributed by atoms with Crippen molar-refractivity contribution in [3.63, 3.8) is 0 Å². The summed E-state index contributed by atoms with van der Waals surface area (Å²) < 4.78 is 13.8. The quantitative estimate of drug-likeness (QED) is 0.844. The number of hydrogen-bond acceptors (Lipinski definition) is 3. The van der Waals surface area contributed by atoms with Gasteiger partial charge < -0.3 is 10.4 Å². The summed E-state index contributed by atoms with van der Waals surface area (Å²) in [6.45, 7) is 5.86. The minimum Gasteiger partial charge on any atom is -0.508 e. The fourth-order valence-electron chi connectivity index (χ4n) is 2.45. The van der Waals surface area contributed by atoms with E-state index in [-0.39, 0.29) is 17.6 Å². The lowest BCUT2D eigenvalue weighted by molar-refractivity contribution is 0.166. The van der Waals surface area contributed by atoms with Gasteiger partial charge in [-0.2, -0.15) is 0 Å². The van der Waals surface area contributed by atoms with Gasteiger partial charge in [-0.15, -0.1) is 0 Å². The summed E-state index contributed by atoms with van der Waals surface area (Å²) >= 11 is 0. The second-order valence-corrected chi connectivity index (χ2v) is 4.42. The van der Waals surface area contributed by atoms with E-state index in [0.717, 1.165) is 32.6 Å². The highest BCUT2D eigenvalue weighted by molar-refractivity contribution is 5.30. The van der Waals surface area contributed by atoms with E-state index >= 15 is 0 Å². The Kier molecular flexibility index (Phi) is 3.97. The van der Waals surface area contributed by atoms with Crippen LogP contribution in [-0.2, 0) is 0 Å². The van der Waals surface area contributed by atoms with E-state index in [9.17, 15) is 9.50 Å². The molecule has 3 nitrogen and oxygen atoms in total. The van der Waals surface area contributed by atoms with Crippen LogP contribution in [0.5, 0.6) is 5.75 Å². The van der Waals surface area contributed by atoms with Crippen LogP contribution < -0.4 is 5.32 Å². The van der Waals surface area contributed by atoms with Gasteiger partial charge in [-0.3, -0.25) is 4.90 Å². The Morgan fingerprint density at radius 2 is 2.12 bits per heavy atom. The number of piperazine rings is 1. The van der Waals surface area contributed by atoms with E-state index in [0.29, 0.717) is 5.56 Å². The van der Waals surface area contributed by atoms with Gasteiger partial charge in [0.15, 0.2) is 0 Å². The third-order valence-electron chi connectivity index (χ3n) is 3.32. The number of phenols is 1. The van der Waals surface area contributed by atoms with E-state index < -0.39 is 0 Å². The van der Waals surface area contributed by atoms with E-state index in [1.807, 2.05) is 0 Å². The molecule has 1 aliphatic rings. The SMILES string of the molecule is CC[C@@H](c1ccc(O)cc1F)N1CCNCC1. The molecule has 0 unspecified atom stereocenters. The first-order chi connectivity index (χ1) is 8.22. The fraction of sp³-hybridized carbons (Fsp3) is 0.538. The topological polar surface area (TPSA) is 35.5 Å². The molecule has 1 aromatic carbocycles. The van der Waals surface area contributed by atoms with Crippen molar-refractivity contribution in [1.29, 1.82) is 0 Å². The van der Waals surface area contributed by atoms with Gasteiger partial charge in [-0.1, -0.05) is 13.0 Å². The summed E-state index contributed by atoms with van der Waals surface area (Å²) in [5.74, 6) is -0.322. The first-order valence-corrected chi connectivity index (χ1v) is 6.15. The molecule has 0 spiro atoms. The second kappa shape index (κ2) is 5.47. The molecule has 0 bridgehead atoms. The van der Waals surface area contributed by atoms with Gasteiger partial charge in [-0.25, -0.2) is 4.39 Å². The zero-order chi connectivity index (χ0) is 12.3. The van der Waals surface area contributed by atoms with Gasteiger partial charge in [0.2, 0.25) is 0 Å². The number of nitrogens with zero attached hydrogens (tertiary/aromatic N) is 1. The zero-order valence-electron chi connectivity index (χ0n) is 10.1. The molecule has 1 heterocycles. The summed E-state index contributed by atoms with van der Waals surface area (Å²) in [5.41, 5.74) is 0.687. The van der Waals surface area contributed by atoms with E-state index in [1.165, 1.54) is 6.07 Å². The van der Waals surface area contributed by atoms with Gasteiger partial charge in [-0.05, 0) is 12.5 Å². The van der Waals surface area contributed by atoms with E-state index in [4.69, 9.17) is 0 Å². The van der Waals surface area contributed by atoms with Crippen molar-refractivity contribution >= 4 is 0 Å². The molecule has 0 saturated carbocycles. The van der Waals surface area contributed by atoms with Crippen LogP contribution in [0.2, 0.25) is 0 Å². The molecule has 0 aliphatic carbocycles. The van der Waals surface area contributed by atoms with Gasteiger partial charge >= 0.3 is 0 Å². The summed E-state index contributed by atoms with van der Waals surface area (Å²) in [6, 6.07) is 4.56. The zero-order valence-corrected chi connectivity index (χ0v) is 10.1. The number of phenolic OH excluding ortho intramolecular Hbond substituents is 1. The summed E-state index contributed by atoms with van der Waals surface area (Å²) in [6.07, 6.45) is 0.877. The Balaban J connectivity index is 2.21. The van der Waals surface area contributed by atoms with Crippen LogP contribution in [0, 0.1) is 5.82 Å². The maximum absolute atomic E-state index is 13.8. The van der Waals surface area contributed by atoms with Crippen molar-refractivity contribution in [1.82, 2.24) is 10.2 Å². The number of rotatable bonds is 3. The molecular formula is C13H19FN2O. The first kappa shape index (κ1) is 12.3. The normalized spacial score (nSPS) is 19.2. The minimum absolute atomic E-state index is 0.0126. The standard InChI is InChI=1S/C13H19FN2O/c1-2-13(16-7-5-15-6-8-16)11-4-3-10(17)9-12(11)14/h3-4,9,13,15,17H,2,5-8H2,1H3/t13-/m0/s1. The second-order valence-electron chi connectivity index (χ2n) is 4.42. The third kappa shape index (κ3) is 2.76. The molecule has 0 amide bonds. The monoisotopic (exact) mass is 238 g/mol. The van der Waals surface area contributed by atoms with Crippen LogP contribution in [-0.4, -0.2) is 36.2 Å². The predicted octanol–water partition coefficient (Wildman–Crippen LogP) is 1.89. The van der Waals surface area contributed by atoms with Gasteiger partial charge in [0.25, 0.3) is 0 Å². The molecule has 17 heavy (non-hydrogen) atoms. The Hall–Kier alpha value is -1.13. The lowest BCUT2D eigenvalue weighted by atomic mass is 10.0. The minimum atomic E-state index is -0.310. The first-order valence-electron chi connectivity index (χ1n) is 6.15. The van der Waals surface area contributed by atoms with Crippen LogP contribution in [0.15, 0.2) is 18.2 Å². The summed E-state index contributed by atoms with van der Waals surface area (Å²) in [4.78, 5) is 2.30. The van der Waals surface area contributed by atoms with Crippen LogP contribution in [0.1, 0.15) is 24.9 Å². The largest absolute Gasteiger partial charge is 0.508 e. The Labute approximate surface area is 101 Å². The average molecular weight is 238 g/mol. The molecule has 94 valence electrons. The smallest absolute Gasteiger partial charge is 0.131 e. The number of nitrogens with one attached hydrogen (secondary N) is 1. The molecule has 2 rings (SSSR count). The highest BCUT2D eigenvalue weighted by Gasteiger charge is 2.22. The summed E-state index contributed by atoms with van der Waals surface area (Å²) in [7, 11) is 0. The molecule has 2 N–H and O–H groups in total. The highest BCUT2D eigenvalue weighted by atomic mass is 19.1. The van der Waals surface area contributed by atoms with Crippen LogP contribution >= 0.6 is 0 Å². The Morgan fingerprint density at radius 3 is 2.71 bits per heavy atom. The van der Waals surface area contributed by atoms with Crippen molar-refractivity contribution in [2.24, 2.45) is 0 Å². The molecule has 4 heteroatoms. The van der Waals surface area contributed by atoms with Gasteiger partial charge in [0.1, 0.15) is 11.6 Å². The van der Waals surface area contributed by atoms with Crippen LogP contribution in [0.3, 0.4) is 0 Å². The molecule has 1 saturated heterocycles. The number of aromatic hydroxyl groups is 1. The molecule has 0 aromatic heterocycles. The third-order valence-corrected chi connectivity index (χ3v) is 3.32. The van der Waals surface area contributed by atoms with Crippen molar-refractivity contribution in [2.75, 3.05) is 26.2 Å². The average Bonchev–Trinajstić information content (AvgIpc) is 2.34. The molecule has 0 radical (unpaired) electrons. The Morgan fingerprint density at radius 1 is 1.41 bits per heavy atom. The van der Waals surface area contributed by atoms with Crippen molar-refractivity contribution < 1.29 is 9.50 Å². The predicted molar refractivity (Wildman–Crippen MR) is 65.5 cm³/mol. The van der Waals surface area contributed by atoms with Crippen LogP contribution in [0.4, 0.5) is 4.39 Å². The molecule has 1 fully saturated rings. The maximum Gasteiger partial charge on any atom is 0.131 e. The Bertz CT molecular complexity index is 378. The lowest BCUT2D eigenvalue weighted by Crippen LogP contribution is -2.45. The molecule has 1 atom stereocenters. The number of hydrogen-bond donors (Lipinski definition) is 2. The van der Waals surface area contributed by atoms with Crippen molar-refractivity contribution in [3.8, 4) is 5.75 Å². The summed E-state index contributed by atoms with van der Waals surface area (Å²) in [5, 5.41) is 12.5. The van der Waals surface area contributed by atoms with Gasteiger partial charge in [0, 0.05) is 43.9 Å². The van der Waals surface area contributed by atoms with Crippen molar-refractivity contribution in [2.45, 2.75) is 19.4 Å². The van der Waals surface area contributed by atoms with E-state index in [2.05, 4.69) is 17.1 Å². The molecule has 1 aliphatic heterocycles. The maximum atomic E-state index is 13.8.